The molecule has 5 rings (SSSR count). The number of aromatic nitrogens is 1. The second-order valence-corrected chi connectivity index (χ2v) is 9.64. The van der Waals surface area contributed by atoms with E-state index in [9.17, 15) is 8.42 Å². The standard InChI is InChI=1S/C22H24N2O3S/c1-27-19-7-2-3-8-21(19)28(25,26)20-11-14-24-18-10-13-23-12-9-15(18)16-5-4-6-17(20)22(16)24/h2-8,20,23H,9-14H2,1H3. The summed E-state index contributed by atoms with van der Waals surface area (Å²) in [5.74, 6) is 0.414. The maximum Gasteiger partial charge on any atom is 0.189 e. The molecule has 1 unspecified atom stereocenters. The first-order valence-electron chi connectivity index (χ1n) is 9.83. The normalized spacial score (nSPS) is 19.2. The lowest BCUT2D eigenvalue weighted by Gasteiger charge is -2.26. The minimum Gasteiger partial charge on any atom is -0.495 e. The molecule has 0 radical (unpaired) electrons. The largest absolute Gasteiger partial charge is 0.495 e. The zero-order chi connectivity index (χ0) is 19.3. The van der Waals surface area contributed by atoms with Crippen LogP contribution in [0.4, 0.5) is 0 Å². The van der Waals surface area contributed by atoms with E-state index >= 15 is 0 Å². The number of fused-ring (bicyclic) bond motifs is 3. The van der Waals surface area contributed by atoms with Gasteiger partial charge in [0.15, 0.2) is 9.84 Å². The van der Waals surface area contributed by atoms with Gasteiger partial charge in [-0.2, -0.15) is 0 Å². The molecule has 2 aliphatic rings. The Morgan fingerprint density at radius 1 is 1.07 bits per heavy atom. The molecule has 0 spiro atoms. The zero-order valence-electron chi connectivity index (χ0n) is 15.9. The fourth-order valence-electron chi connectivity index (χ4n) is 4.91. The van der Waals surface area contributed by atoms with Crippen molar-refractivity contribution in [1.29, 1.82) is 0 Å². The maximum atomic E-state index is 13.6. The van der Waals surface area contributed by atoms with Crippen LogP contribution in [0.5, 0.6) is 5.75 Å². The molecule has 0 saturated heterocycles. The fraction of sp³-hybridized carbons (Fsp3) is 0.364. The number of sulfone groups is 1. The van der Waals surface area contributed by atoms with Gasteiger partial charge in [0.2, 0.25) is 0 Å². The van der Waals surface area contributed by atoms with Crippen LogP contribution in [-0.2, 0) is 29.2 Å². The molecule has 3 heterocycles. The summed E-state index contributed by atoms with van der Waals surface area (Å²) in [7, 11) is -2.03. The molecule has 0 amide bonds. The second-order valence-electron chi connectivity index (χ2n) is 7.54. The molecule has 5 nitrogen and oxygen atoms in total. The van der Waals surface area contributed by atoms with Gasteiger partial charge in [0.1, 0.15) is 10.6 Å². The van der Waals surface area contributed by atoms with Crippen molar-refractivity contribution in [1.82, 2.24) is 9.88 Å². The van der Waals surface area contributed by atoms with Gasteiger partial charge in [-0.1, -0.05) is 30.3 Å². The van der Waals surface area contributed by atoms with Gasteiger partial charge in [-0.3, -0.25) is 0 Å². The summed E-state index contributed by atoms with van der Waals surface area (Å²) in [6.07, 6.45) is 2.57. The lowest BCUT2D eigenvalue weighted by atomic mass is 10.0. The highest BCUT2D eigenvalue weighted by atomic mass is 32.2. The Morgan fingerprint density at radius 2 is 1.89 bits per heavy atom. The molecule has 0 aliphatic carbocycles. The Morgan fingerprint density at radius 3 is 2.75 bits per heavy atom. The zero-order valence-corrected chi connectivity index (χ0v) is 16.8. The molecular formula is C22H24N2O3S. The first kappa shape index (κ1) is 17.8. The summed E-state index contributed by atoms with van der Waals surface area (Å²) < 4.78 is 35.0. The van der Waals surface area contributed by atoms with Crippen molar-refractivity contribution in [3.63, 3.8) is 0 Å². The minimum atomic E-state index is -3.55. The van der Waals surface area contributed by atoms with Crippen LogP contribution in [-0.4, -0.2) is 33.2 Å². The summed E-state index contributed by atoms with van der Waals surface area (Å²) in [5, 5.41) is 4.15. The first-order valence-corrected chi connectivity index (χ1v) is 11.4. The van der Waals surface area contributed by atoms with Crippen molar-refractivity contribution in [2.24, 2.45) is 0 Å². The molecular weight excluding hydrogens is 372 g/mol. The smallest absolute Gasteiger partial charge is 0.189 e. The van der Waals surface area contributed by atoms with E-state index in [0.29, 0.717) is 12.2 Å². The van der Waals surface area contributed by atoms with Gasteiger partial charge in [0.05, 0.1) is 17.9 Å². The van der Waals surface area contributed by atoms with Gasteiger partial charge in [-0.05, 0) is 42.6 Å². The number of methoxy groups -OCH3 is 1. The number of rotatable bonds is 3. The average Bonchev–Trinajstić information content (AvgIpc) is 2.88. The average molecular weight is 397 g/mol. The summed E-state index contributed by atoms with van der Waals surface area (Å²) in [6, 6.07) is 13.1. The Labute approximate surface area is 165 Å². The van der Waals surface area contributed by atoms with Crippen molar-refractivity contribution in [2.45, 2.75) is 36.0 Å². The van der Waals surface area contributed by atoms with Crippen LogP contribution in [0.1, 0.15) is 28.5 Å². The molecule has 1 aromatic heterocycles. The number of nitrogens with zero attached hydrogens (tertiary/aromatic N) is 1. The molecule has 146 valence electrons. The van der Waals surface area contributed by atoms with Crippen LogP contribution in [0.3, 0.4) is 0 Å². The van der Waals surface area contributed by atoms with Crippen molar-refractivity contribution in [3.8, 4) is 5.75 Å². The third-order valence-electron chi connectivity index (χ3n) is 6.14. The molecule has 28 heavy (non-hydrogen) atoms. The summed E-state index contributed by atoms with van der Waals surface area (Å²) >= 11 is 0. The van der Waals surface area contributed by atoms with Gasteiger partial charge in [-0.25, -0.2) is 8.42 Å². The van der Waals surface area contributed by atoms with E-state index in [0.717, 1.165) is 43.6 Å². The summed E-state index contributed by atoms with van der Waals surface area (Å²) in [4.78, 5) is 0.283. The molecule has 1 N–H and O–H groups in total. The van der Waals surface area contributed by atoms with E-state index in [1.165, 1.54) is 23.8 Å². The van der Waals surface area contributed by atoms with Crippen LogP contribution in [0.25, 0.3) is 10.9 Å². The molecule has 0 saturated carbocycles. The van der Waals surface area contributed by atoms with Crippen molar-refractivity contribution < 1.29 is 13.2 Å². The third-order valence-corrected chi connectivity index (χ3v) is 8.33. The van der Waals surface area contributed by atoms with Crippen LogP contribution < -0.4 is 10.1 Å². The van der Waals surface area contributed by atoms with Gasteiger partial charge >= 0.3 is 0 Å². The van der Waals surface area contributed by atoms with E-state index in [-0.39, 0.29) is 4.90 Å². The number of hydrogen-bond acceptors (Lipinski definition) is 4. The van der Waals surface area contributed by atoms with Crippen LogP contribution in [0, 0.1) is 0 Å². The van der Waals surface area contributed by atoms with Crippen LogP contribution >= 0.6 is 0 Å². The monoisotopic (exact) mass is 396 g/mol. The molecule has 1 atom stereocenters. The molecule has 6 heteroatoms. The first-order chi connectivity index (χ1) is 13.6. The van der Waals surface area contributed by atoms with Gasteiger partial charge in [0, 0.05) is 30.6 Å². The highest BCUT2D eigenvalue weighted by Gasteiger charge is 2.37. The molecule has 0 bridgehead atoms. The maximum absolute atomic E-state index is 13.6. The lowest BCUT2D eigenvalue weighted by Crippen LogP contribution is -2.23. The minimum absolute atomic E-state index is 0.283. The topological polar surface area (TPSA) is 60.3 Å². The Balaban J connectivity index is 1.71. The summed E-state index contributed by atoms with van der Waals surface area (Å²) in [5.41, 5.74) is 4.80. The van der Waals surface area contributed by atoms with Crippen molar-refractivity contribution in [2.75, 3.05) is 20.2 Å². The highest BCUT2D eigenvalue weighted by molar-refractivity contribution is 7.91. The van der Waals surface area contributed by atoms with Crippen molar-refractivity contribution >= 4 is 20.7 Å². The van der Waals surface area contributed by atoms with E-state index in [1.807, 2.05) is 12.1 Å². The predicted octanol–water partition coefficient (Wildman–Crippen LogP) is 3.26. The van der Waals surface area contributed by atoms with E-state index in [1.54, 1.807) is 24.3 Å². The molecule has 3 aromatic rings. The number of ether oxygens (including phenoxy) is 1. The highest BCUT2D eigenvalue weighted by Crippen LogP contribution is 2.44. The Kier molecular flexibility index (Phi) is 4.21. The number of para-hydroxylation sites is 2. The predicted molar refractivity (Wildman–Crippen MR) is 110 cm³/mol. The number of benzene rings is 2. The van der Waals surface area contributed by atoms with E-state index in [2.05, 4.69) is 16.0 Å². The molecule has 2 aromatic carbocycles. The Hall–Kier alpha value is -2.31. The summed E-state index contributed by atoms with van der Waals surface area (Å²) in [6.45, 7) is 2.68. The van der Waals surface area contributed by atoms with E-state index in [4.69, 9.17) is 4.74 Å². The van der Waals surface area contributed by atoms with Gasteiger partial charge in [-0.15, -0.1) is 0 Å². The second kappa shape index (κ2) is 6.64. The van der Waals surface area contributed by atoms with E-state index < -0.39 is 15.1 Å². The quantitative estimate of drug-likeness (QED) is 0.738. The van der Waals surface area contributed by atoms with Gasteiger partial charge in [0.25, 0.3) is 0 Å². The lowest BCUT2D eigenvalue weighted by molar-refractivity contribution is 0.402. The van der Waals surface area contributed by atoms with Crippen molar-refractivity contribution in [3.05, 3.63) is 59.3 Å². The number of nitrogens with one attached hydrogen (secondary N) is 1. The number of aryl methyl sites for hydroxylation is 1. The van der Waals surface area contributed by atoms with Crippen LogP contribution in [0.15, 0.2) is 47.4 Å². The van der Waals surface area contributed by atoms with Gasteiger partial charge < -0.3 is 14.6 Å². The van der Waals surface area contributed by atoms with Crippen LogP contribution in [0.2, 0.25) is 0 Å². The fourth-order valence-corrected chi connectivity index (χ4v) is 6.85. The molecule has 2 aliphatic heterocycles. The molecule has 0 fully saturated rings. The Bertz CT molecular complexity index is 1160. The number of hydrogen-bond donors (Lipinski definition) is 1. The third kappa shape index (κ3) is 2.51. The SMILES string of the molecule is COc1ccccc1S(=O)(=O)C1CCn2c3c(c4cccc1c42)CCNCC3.